The fourth-order valence-electron chi connectivity index (χ4n) is 2.34. The van der Waals surface area contributed by atoms with Gasteiger partial charge in [-0.25, -0.2) is 4.98 Å². The Morgan fingerprint density at radius 3 is 3.10 bits per heavy atom. The van der Waals surface area contributed by atoms with Gasteiger partial charge in [0.25, 0.3) is 0 Å². The minimum atomic E-state index is 0.0617. The van der Waals surface area contributed by atoms with Crippen LogP contribution >= 0.6 is 0 Å². The quantitative estimate of drug-likeness (QED) is 0.735. The summed E-state index contributed by atoms with van der Waals surface area (Å²) in [6.07, 6.45) is 6.72. The Morgan fingerprint density at radius 1 is 1.40 bits per heavy atom. The molecule has 0 saturated heterocycles. The molecular formula is C14H17N5O. The molecule has 0 radical (unpaired) electrons. The summed E-state index contributed by atoms with van der Waals surface area (Å²) >= 11 is 0. The van der Waals surface area contributed by atoms with E-state index in [4.69, 9.17) is 5.73 Å². The summed E-state index contributed by atoms with van der Waals surface area (Å²) in [5.41, 5.74) is 9.57. The number of imidazole rings is 1. The van der Waals surface area contributed by atoms with Crippen molar-refractivity contribution in [1.82, 2.24) is 9.55 Å². The van der Waals surface area contributed by atoms with E-state index >= 15 is 0 Å². The van der Waals surface area contributed by atoms with Crippen LogP contribution in [0.15, 0.2) is 30.9 Å². The van der Waals surface area contributed by atoms with Gasteiger partial charge in [-0.3, -0.25) is 4.79 Å². The average molecular weight is 271 g/mol. The van der Waals surface area contributed by atoms with E-state index in [9.17, 15) is 4.79 Å². The topological polar surface area (TPSA) is 85.0 Å². The van der Waals surface area contributed by atoms with Gasteiger partial charge in [0.2, 0.25) is 5.91 Å². The highest BCUT2D eigenvalue weighted by Gasteiger charge is 2.16. The molecule has 1 aliphatic rings. The average Bonchev–Trinajstić information content (AvgIpc) is 2.93. The summed E-state index contributed by atoms with van der Waals surface area (Å²) in [5.74, 6) is 0.0617. The molecule has 0 unspecified atom stereocenters. The minimum Gasteiger partial charge on any atom is -0.397 e. The molecule has 0 aliphatic carbocycles. The van der Waals surface area contributed by atoms with Crippen molar-refractivity contribution < 1.29 is 4.79 Å². The number of nitrogen functional groups attached to an aromatic ring is 1. The molecule has 6 heteroatoms. The van der Waals surface area contributed by atoms with E-state index in [0.29, 0.717) is 12.1 Å². The van der Waals surface area contributed by atoms with E-state index in [1.807, 2.05) is 22.9 Å². The van der Waals surface area contributed by atoms with Crippen molar-refractivity contribution in [2.24, 2.45) is 0 Å². The standard InChI is InChI=1S/C14H17N5O/c15-11-7-10-1-2-14(20)18-12(10)8-13(11)17-4-6-19-5-3-16-9-19/h3,5,7-9,17H,1-2,4,6,15H2,(H,18,20). The SMILES string of the molecule is Nc1cc2c(cc1NCCn1ccnc1)NC(=O)CC2. The van der Waals surface area contributed by atoms with Gasteiger partial charge in [-0.2, -0.15) is 0 Å². The molecule has 20 heavy (non-hydrogen) atoms. The number of nitrogens with two attached hydrogens (primary N) is 1. The summed E-state index contributed by atoms with van der Waals surface area (Å²) < 4.78 is 1.99. The van der Waals surface area contributed by atoms with Crippen LogP contribution in [0.25, 0.3) is 0 Å². The maximum absolute atomic E-state index is 11.4. The van der Waals surface area contributed by atoms with Crippen LogP contribution in [0.4, 0.5) is 17.1 Å². The third-order valence-electron chi connectivity index (χ3n) is 3.42. The molecule has 4 N–H and O–H groups in total. The van der Waals surface area contributed by atoms with Crippen molar-refractivity contribution in [1.29, 1.82) is 0 Å². The van der Waals surface area contributed by atoms with Gasteiger partial charge in [0.1, 0.15) is 0 Å². The summed E-state index contributed by atoms with van der Waals surface area (Å²) in [4.78, 5) is 15.4. The Bertz CT molecular complexity index is 621. The highest BCUT2D eigenvalue weighted by Crippen LogP contribution is 2.30. The number of fused-ring (bicyclic) bond motifs is 1. The highest BCUT2D eigenvalue weighted by molar-refractivity contribution is 5.95. The van der Waals surface area contributed by atoms with Gasteiger partial charge in [-0.1, -0.05) is 0 Å². The molecule has 0 saturated carbocycles. The lowest BCUT2D eigenvalue weighted by Crippen LogP contribution is -2.20. The molecule has 3 rings (SSSR count). The minimum absolute atomic E-state index is 0.0617. The molecule has 104 valence electrons. The number of carbonyl (C=O) groups excluding carboxylic acids is 1. The lowest BCUT2D eigenvalue weighted by molar-refractivity contribution is -0.116. The maximum Gasteiger partial charge on any atom is 0.224 e. The number of hydrogen-bond acceptors (Lipinski definition) is 4. The largest absolute Gasteiger partial charge is 0.397 e. The predicted molar refractivity (Wildman–Crippen MR) is 78.5 cm³/mol. The monoisotopic (exact) mass is 271 g/mol. The normalized spacial score (nSPS) is 13.7. The van der Waals surface area contributed by atoms with Gasteiger partial charge in [0.05, 0.1) is 17.7 Å². The Balaban J connectivity index is 1.69. The van der Waals surface area contributed by atoms with Crippen molar-refractivity contribution in [3.63, 3.8) is 0 Å². The van der Waals surface area contributed by atoms with Crippen molar-refractivity contribution in [3.8, 4) is 0 Å². The summed E-state index contributed by atoms with van der Waals surface area (Å²) in [6, 6.07) is 3.85. The number of aromatic nitrogens is 2. The van der Waals surface area contributed by atoms with Crippen LogP contribution < -0.4 is 16.4 Å². The smallest absolute Gasteiger partial charge is 0.224 e. The molecule has 2 heterocycles. The summed E-state index contributed by atoms with van der Waals surface area (Å²) in [7, 11) is 0. The van der Waals surface area contributed by atoms with Crippen LogP contribution in [0, 0.1) is 0 Å². The Morgan fingerprint density at radius 2 is 2.30 bits per heavy atom. The lowest BCUT2D eigenvalue weighted by Gasteiger charge is -2.19. The van der Waals surface area contributed by atoms with Gasteiger partial charge < -0.3 is 20.9 Å². The number of carbonyl (C=O) groups is 1. The van der Waals surface area contributed by atoms with E-state index < -0.39 is 0 Å². The van der Waals surface area contributed by atoms with Crippen LogP contribution in [-0.2, 0) is 17.8 Å². The molecule has 1 aromatic heterocycles. The molecule has 0 bridgehead atoms. The van der Waals surface area contributed by atoms with E-state index in [1.165, 1.54) is 0 Å². The third kappa shape index (κ3) is 2.59. The number of nitrogens with one attached hydrogen (secondary N) is 2. The van der Waals surface area contributed by atoms with Gasteiger partial charge in [0, 0.05) is 37.6 Å². The lowest BCUT2D eigenvalue weighted by atomic mass is 10.0. The number of anilines is 3. The Kier molecular flexibility index (Phi) is 3.28. The van der Waals surface area contributed by atoms with Gasteiger partial charge >= 0.3 is 0 Å². The molecule has 0 fully saturated rings. The molecule has 2 aromatic rings. The zero-order valence-corrected chi connectivity index (χ0v) is 11.1. The van der Waals surface area contributed by atoms with Crippen molar-refractivity contribution >= 4 is 23.0 Å². The van der Waals surface area contributed by atoms with Crippen LogP contribution in [0.3, 0.4) is 0 Å². The van der Waals surface area contributed by atoms with E-state index in [0.717, 1.165) is 36.4 Å². The Hall–Kier alpha value is -2.50. The first-order valence-electron chi connectivity index (χ1n) is 6.64. The second-order valence-corrected chi connectivity index (χ2v) is 4.87. The van der Waals surface area contributed by atoms with Crippen LogP contribution in [-0.4, -0.2) is 22.0 Å². The number of hydrogen-bond donors (Lipinski definition) is 3. The van der Waals surface area contributed by atoms with E-state index in [2.05, 4.69) is 15.6 Å². The van der Waals surface area contributed by atoms with Gasteiger partial charge in [-0.05, 0) is 24.1 Å². The number of nitrogens with zero attached hydrogens (tertiary/aromatic N) is 2. The maximum atomic E-state index is 11.4. The molecule has 6 nitrogen and oxygen atoms in total. The first-order valence-corrected chi connectivity index (χ1v) is 6.64. The molecular weight excluding hydrogens is 254 g/mol. The first kappa shape index (κ1) is 12.5. The van der Waals surface area contributed by atoms with Crippen LogP contribution in [0.5, 0.6) is 0 Å². The number of amides is 1. The summed E-state index contributed by atoms with van der Waals surface area (Å²) in [6.45, 7) is 1.55. The van der Waals surface area contributed by atoms with E-state index in [1.54, 1.807) is 12.5 Å². The Labute approximate surface area is 117 Å². The number of rotatable bonds is 4. The molecule has 0 atom stereocenters. The molecule has 0 spiro atoms. The van der Waals surface area contributed by atoms with Crippen molar-refractivity contribution in [2.75, 3.05) is 22.9 Å². The second kappa shape index (κ2) is 5.24. The molecule has 1 aromatic carbocycles. The third-order valence-corrected chi connectivity index (χ3v) is 3.42. The van der Waals surface area contributed by atoms with Crippen LogP contribution in [0.1, 0.15) is 12.0 Å². The fraction of sp³-hybridized carbons (Fsp3) is 0.286. The first-order chi connectivity index (χ1) is 9.72. The zero-order valence-electron chi connectivity index (χ0n) is 11.1. The summed E-state index contributed by atoms with van der Waals surface area (Å²) in [5, 5.41) is 6.17. The highest BCUT2D eigenvalue weighted by atomic mass is 16.1. The van der Waals surface area contributed by atoms with Crippen LogP contribution in [0.2, 0.25) is 0 Å². The molecule has 1 aliphatic heterocycles. The number of aryl methyl sites for hydroxylation is 1. The predicted octanol–water partition coefficient (Wildman–Crippen LogP) is 1.46. The van der Waals surface area contributed by atoms with Gasteiger partial charge in [-0.15, -0.1) is 0 Å². The number of benzene rings is 1. The van der Waals surface area contributed by atoms with Crippen molar-refractivity contribution in [3.05, 3.63) is 36.4 Å². The zero-order chi connectivity index (χ0) is 13.9. The van der Waals surface area contributed by atoms with Gasteiger partial charge in [0.15, 0.2) is 0 Å². The molecule has 1 amide bonds. The second-order valence-electron chi connectivity index (χ2n) is 4.87. The van der Waals surface area contributed by atoms with E-state index in [-0.39, 0.29) is 5.91 Å². The fourth-order valence-corrected chi connectivity index (χ4v) is 2.34. The van der Waals surface area contributed by atoms with Crippen molar-refractivity contribution in [2.45, 2.75) is 19.4 Å².